The van der Waals surface area contributed by atoms with E-state index in [0.717, 1.165) is 24.7 Å². The summed E-state index contributed by atoms with van der Waals surface area (Å²) in [5.74, 6) is 1.74. The highest BCUT2D eigenvalue weighted by Crippen LogP contribution is 2.33. The van der Waals surface area contributed by atoms with Crippen molar-refractivity contribution in [2.24, 2.45) is 0 Å². The monoisotopic (exact) mass is 391 g/mol. The molecule has 1 nitrogen and oxygen atoms in total. The van der Waals surface area contributed by atoms with Crippen molar-refractivity contribution in [2.75, 3.05) is 6.61 Å². The second-order valence-electron chi connectivity index (χ2n) is 8.61. The number of rotatable bonds is 12. The van der Waals surface area contributed by atoms with Gasteiger partial charge in [-0.1, -0.05) is 88.3 Å². The largest absolute Gasteiger partial charge is 0.494 e. The molecule has 1 radical (unpaired) electrons. The lowest BCUT2D eigenvalue weighted by molar-refractivity contribution is 0.304. The summed E-state index contributed by atoms with van der Waals surface area (Å²) in [5, 5.41) is 0. The number of unbranched alkanes of at least 4 members (excludes halogenated alkanes) is 7. The van der Waals surface area contributed by atoms with E-state index in [0.29, 0.717) is 0 Å². The van der Waals surface area contributed by atoms with E-state index in [1.807, 2.05) is 0 Å². The van der Waals surface area contributed by atoms with Crippen LogP contribution in [0.15, 0.2) is 48.5 Å². The van der Waals surface area contributed by atoms with Crippen molar-refractivity contribution in [1.29, 1.82) is 0 Å². The second-order valence-corrected chi connectivity index (χ2v) is 8.61. The Morgan fingerprint density at radius 2 is 1.24 bits per heavy atom. The third kappa shape index (κ3) is 7.53. The maximum atomic E-state index is 5.94. The SMILES string of the molecule is CCCCCCCCCCOc1ccc(-c2ccc(C3CC[CH]CC3)cc2)cc1. The molecule has 0 saturated heterocycles. The van der Waals surface area contributed by atoms with Crippen LogP contribution in [0.2, 0.25) is 0 Å². The Morgan fingerprint density at radius 1 is 0.690 bits per heavy atom. The molecular weight excluding hydrogens is 352 g/mol. The van der Waals surface area contributed by atoms with Crippen LogP contribution in [0, 0.1) is 6.42 Å². The molecule has 29 heavy (non-hydrogen) atoms. The van der Waals surface area contributed by atoms with Gasteiger partial charge in [0, 0.05) is 0 Å². The number of hydrogen-bond acceptors (Lipinski definition) is 1. The lowest BCUT2D eigenvalue weighted by atomic mass is 9.84. The Hall–Kier alpha value is -1.76. The van der Waals surface area contributed by atoms with Gasteiger partial charge >= 0.3 is 0 Å². The minimum atomic E-state index is 0.751. The molecule has 0 unspecified atom stereocenters. The van der Waals surface area contributed by atoms with Crippen LogP contribution in [-0.4, -0.2) is 6.61 Å². The van der Waals surface area contributed by atoms with Crippen LogP contribution in [0.3, 0.4) is 0 Å². The number of hydrogen-bond donors (Lipinski definition) is 0. The van der Waals surface area contributed by atoms with Gasteiger partial charge in [-0.15, -0.1) is 0 Å². The zero-order chi connectivity index (χ0) is 20.2. The van der Waals surface area contributed by atoms with Gasteiger partial charge in [-0.2, -0.15) is 0 Å². The molecule has 0 N–H and O–H groups in total. The minimum Gasteiger partial charge on any atom is -0.494 e. The molecule has 0 heterocycles. The van der Waals surface area contributed by atoms with Gasteiger partial charge in [0.1, 0.15) is 5.75 Å². The fraction of sp³-hybridized carbons (Fsp3) is 0.536. The van der Waals surface area contributed by atoms with Crippen LogP contribution in [0.25, 0.3) is 11.1 Å². The van der Waals surface area contributed by atoms with Crippen molar-refractivity contribution in [2.45, 2.75) is 89.9 Å². The lowest BCUT2D eigenvalue weighted by Crippen LogP contribution is -2.04. The van der Waals surface area contributed by atoms with E-state index < -0.39 is 0 Å². The number of benzene rings is 2. The molecule has 0 aliphatic heterocycles. The van der Waals surface area contributed by atoms with E-state index in [4.69, 9.17) is 4.74 Å². The quantitative estimate of drug-likeness (QED) is 0.329. The van der Waals surface area contributed by atoms with Crippen molar-refractivity contribution >= 4 is 0 Å². The van der Waals surface area contributed by atoms with E-state index in [-0.39, 0.29) is 0 Å². The molecule has 0 aromatic heterocycles. The summed E-state index contributed by atoms with van der Waals surface area (Å²) in [6.07, 6.45) is 18.3. The predicted octanol–water partition coefficient (Wildman–Crippen LogP) is 8.73. The van der Waals surface area contributed by atoms with Crippen LogP contribution >= 0.6 is 0 Å². The topological polar surface area (TPSA) is 9.23 Å². The van der Waals surface area contributed by atoms with Gasteiger partial charge in [0.2, 0.25) is 0 Å². The molecule has 1 saturated carbocycles. The van der Waals surface area contributed by atoms with E-state index in [2.05, 4.69) is 61.9 Å². The molecule has 1 aliphatic carbocycles. The highest BCUT2D eigenvalue weighted by atomic mass is 16.5. The average Bonchev–Trinajstić information content (AvgIpc) is 2.79. The third-order valence-electron chi connectivity index (χ3n) is 6.27. The Morgan fingerprint density at radius 3 is 1.86 bits per heavy atom. The van der Waals surface area contributed by atoms with E-state index in [1.165, 1.54) is 87.3 Å². The molecule has 1 fully saturated rings. The van der Waals surface area contributed by atoms with Gasteiger partial charge in [-0.25, -0.2) is 0 Å². The molecule has 157 valence electrons. The second kappa shape index (κ2) is 12.7. The van der Waals surface area contributed by atoms with Crippen LogP contribution in [0.4, 0.5) is 0 Å². The standard InChI is InChI=1S/C28H39O/c1-2-3-4-5-6-7-8-12-23-29-28-21-19-27(20-22-28)26-17-15-25(16-18-26)24-13-10-9-11-14-24/h9,15-22,24H,2-8,10-14,23H2,1H3. The summed E-state index contributed by atoms with van der Waals surface area (Å²) in [6, 6.07) is 17.8. The fourth-order valence-electron chi connectivity index (χ4n) is 4.38. The van der Waals surface area contributed by atoms with Crippen LogP contribution < -0.4 is 4.74 Å². The van der Waals surface area contributed by atoms with E-state index in [1.54, 1.807) is 0 Å². The molecule has 0 bridgehead atoms. The summed E-state index contributed by atoms with van der Waals surface area (Å²) in [4.78, 5) is 0. The maximum absolute atomic E-state index is 5.94. The Balaban J connectivity index is 1.37. The zero-order valence-electron chi connectivity index (χ0n) is 18.4. The van der Waals surface area contributed by atoms with Crippen LogP contribution in [0.5, 0.6) is 5.75 Å². The first-order chi connectivity index (χ1) is 14.4. The van der Waals surface area contributed by atoms with Gasteiger partial charge in [0.25, 0.3) is 0 Å². The Bertz CT molecular complexity index is 664. The average molecular weight is 392 g/mol. The maximum Gasteiger partial charge on any atom is 0.119 e. The first-order valence-corrected chi connectivity index (χ1v) is 12.0. The van der Waals surface area contributed by atoms with Crippen LogP contribution in [0.1, 0.15) is 95.5 Å². The third-order valence-corrected chi connectivity index (χ3v) is 6.27. The summed E-state index contributed by atoms with van der Waals surface area (Å²) in [5.41, 5.74) is 4.07. The predicted molar refractivity (Wildman–Crippen MR) is 125 cm³/mol. The fourth-order valence-corrected chi connectivity index (χ4v) is 4.38. The molecule has 0 atom stereocenters. The highest BCUT2D eigenvalue weighted by molar-refractivity contribution is 5.64. The Kier molecular flexibility index (Phi) is 9.63. The zero-order valence-corrected chi connectivity index (χ0v) is 18.4. The van der Waals surface area contributed by atoms with Crippen molar-refractivity contribution in [3.8, 4) is 16.9 Å². The van der Waals surface area contributed by atoms with Crippen molar-refractivity contribution in [3.63, 3.8) is 0 Å². The molecule has 0 spiro atoms. The summed E-state index contributed by atoms with van der Waals surface area (Å²) < 4.78 is 5.94. The first kappa shape index (κ1) is 21.9. The van der Waals surface area contributed by atoms with E-state index >= 15 is 0 Å². The molecule has 0 amide bonds. The first-order valence-electron chi connectivity index (χ1n) is 12.0. The summed E-state index contributed by atoms with van der Waals surface area (Å²) in [7, 11) is 0. The molecule has 2 aromatic carbocycles. The summed E-state index contributed by atoms with van der Waals surface area (Å²) >= 11 is 0. The van der Waals surface area contributed by atoms with Gasteiger partial charge in [0.15, 0.2) is 0 Å². The van der Waals surface area contributed by atoms with Crippen LogP contribution in [-0.2, 0) is 0 Å². The molecule has 1 heteroatoms. The van der Waals surface area contributed by atoms with Gasteiger partial charge < -0.3 is 4.74 Å². The molecule has 1 aliphatic rings. The van der Waals surface area contributed by atoms with Crippen molar-refractivity contribution in [1.82, 2.24) is 0 Å². The lowest BCUT2D eigenvalue weighted by Gasteiger charge is -2.22. The minimum absolute atomic E-state index is 0.751. The summed E-state index contributed by atoms with van der Waals surface area (Å²) in [6.45, 7) is 3.11. The Labute approximate surface area is 178 Å². The normalized spacial score (nSPS) is 14.8. The van der Waals surface area contributed by atoms with Crippen molar-refractivity contribution < 1.29 is 4.74 Å². The van der Waals surface area contributed by atoms with Crippen molar-refractivity contribution in [3.05, 3.63) is 60.5 Å². The van der Waals surface area contributed by atoms with Gasteiger partial charge in [0.05, 0.1) is 6.61 Å². The molecule has 3 rings (SSSR count). The van der Waals surface area contributed by atoms with Gasteiger partial charge in [-0.05, 0) is 73.3 Å². The molecular formula is C28H39O. The van der Waals surface area contributed by atoms with E-state index in [9.17, 15) is 0 Å². The highest BCUT2D eigenvalue weighted by Gasteiger charge is 2.15. The van der Waals surface area contributed by atoms with Gasteiger partial charge in [-0.3, -0.25) is 0 Å². The number of ether oxygens (including phenoxy) is 1. The molecule has 2 aromatic rings. The smallest absolute Gasteiger partial charge is 0.119 e.